The Kier molecular flexibility index (Phi) is 6.72. The lowest BCUT2D eigenvalue weighted by atomic mass is 9.75. The van der Waals surface area contributed by atoms with Crippen LogP contribution in [0.25, 0.3) is 0 Å². The summed E-state index contributed by atoms with van der Waals surface area (Å²) >= 11 is 0. The first-order valence-corrected chi connectivity index (χ1v) is 10.7. The van der Waals surface area contributed by atoms with E-state index in [-0.39, 0.29) is 42.7 Å². The molecular formula is C22H31ClN4O3. The maximum atomic E-state index is 13.0. The fraction of sp³-hybridized carbons (Fsp3) is 0.591. The van der Waals surface area contributed by atoms with Crippen molar-refractivity contribution in [3.8, 4) is 0 Å². The lowest BCUT2D eigenvalue weighted by Gasteiger charge is -2.34. The van der Waals surface area contributed by atoms with Gasteiger partial charge in [0.1, 0.15) is 12.1 Å². The van der Waals surface area contributed by atoms with Gasteiger partial charge in [-0.1, -0.05) is 43.7 Å². The molecule has 164 valence electrons. The molecule has 0 radical (unpaired) electrons. The van der Waals surface area contributed by atoms with Crippen molar-refractivity contribution < 1.29 is 14.4 Å². The third-order valence-corrected chi connectivity index (χ3v) is 7.02. The monoisotopic (exact) mass is 434 g/mol. The van der Waals surface area contributed by atoms with E-state index in [2.05, 4.69) is 12.2 Å². The van der Waals surface area contributed by atoms with Crippen molar-refractivity contribution in [1.29, 1.82) is 0 Å². The highest BCUT2D eigenvalue weighted by atomic mass is 35.5. The van der Waals surface area contributed by atoms with Crippen LogP contribution in [-0.2, 0) is 9.59 Å². The molecule has 1 spiro atoms. The third kappa shape index (κ3) is 4.05. The van der Waals surface area contributed by atoms with Crippen molar-refractivity contribution in [3.63, 3.8) is 0 Å². The number of rotatable bonds is 4. The minimum atomic E-state index is -0.809. The van der Waals surface area contributed by atoms with E-state index in [1.165, 1.54) is 0 Å². The van der Waals surface area contributed by atoms with E-state index in [4.69, 9.17) is 5.73 Å². The standard InChI is InChI=1S/C22H30N4O3.ClH/c1-2-15-8-10-22(11-9-15)20(28)26(21(29)24-22)14-19(27)25-12-17(18(23)13-25)16-6-4-3-5-7-16;/h3-7,15,17-18H,2,8-14,23H2,1H3,(H,24,29);1H/t15?,17-,18+,22?;/m0./s1. The Hall–Kier alpha value is -2.12. The number of carbonyl (C=O) groups excluding carboxylic acids is 3. The van der Waals surface area contributed by atoms with Crippen molar-refractivity contribution in [2.75, 3.05) is 19.6 Å². The van der Waals surface area contributed by atoms with Crippen LogP contribution in [-0.4, -0.2) is 58.9 Å². The van der Waals surface area contributed by atoms with Crippen LogP contribution in [0.1, 0.15) is 50.5 Å². The van der Waals surface area contributed by atoms with Gasteiger partial charge in [-0.25, -0.2) is 4.79 Å². The molecule has 0 aromatic heterocycles. The van der Waals surface area contributed by atoms with Crippen molar-refractivity contribution in [2.24, 2.45) is 11.7 Å². The summed E-state index contributed by atoms with van der Waals surface area (Å²) in [5.41, 5.74) is 6.59. The number of halogens is 1. The summed E-state index contributed by atoms with van der Waals surface area (Å²) in [5, 5.41) is 2.90. The Morgan fingerprint density at radius 3 is 2.47 bits per heavy atom. The summed E-state index contributed by atoms with van der Waals surface area (Å²) in [6.45, 7) is 2.90. The van der Waals surface area contributed by atoms with Gasteiger partial charge in [0.2, 0.25) is 5.91 Å². The fourth-order valence-corrected chi connectivity index (χ4v) is 5.06. The predicted octanol–water partition coefficient (Wildman–Crippen LogP) is 2.25. The molecule has 1 aromatic carbocycles. The molecule has 8 heteroatoms. The number of hydrogen-bond donors (Lipinski definition) is 2. The molecule has 1 aliphatic carbocycles. The highest BCUT2D eigenvalue weighted by Gasteiger charge is 2.53. The van der Waals surface area contributed by atoms with E-state index in [9.17, 15) is 14.4 Å². The molecule has 0 bridgehead atoms. The molecule has 3 aliphatic rings. The number of amides is 4. The number of carbonyl (C=O) groups is 3. The summed E-state index contributed by atoms with van der Waals surface area (Å²) in [5.74, 6) is 0.219. The molecule has 2 saturated heterocycles. The summed E-state index contributed by atoms with van der Waals surface area (Å²) in [4.78, 5) is 41.2. The van der Waals surface area contributed by atoms with E-state index in [1.54, 1.807) is 4.90 Å². The van der Waals surface area contributed by atoms with Crippen LogP contribution in [0.5, 0.6) is 0 Å². The maximum Gasteiger partial charge on any atom is 0.325 e. The molecule has 7 nitrogen and oxygen atoms in total. The zero-order valence-corrected chi connectivity index (χ0v) is 18.2. The van der Waals surface area contributed by atoms with Crippen LogP contribution < -0.4 is 11.1 Å². The largest absolute Gasteiger partial charge is 0.339 e. The van der Waals surface area contributed by atoms with Crippen LogP contribution in [0.15, 0.2) is 30.3 Å². The van der Waals surface area contributed by atoms with Gasteiger partial charge in [0.15, 0.2) is 0 Å². The average Bonchev–Trinajstić information content (AvgIpc) is 3.23. The van der Waals surface area contributed by atoms with Gasteiger partial charge in [-0.05, 0) is 37.2 Å². The van der Waals surface area contributed by atoms with Gasteiger partial charge in [0.25, 0.3) is 5.91 Å². The Balaban J connectivity index is 0.00000256. The molecule has 2 heterocycles. The van der Waals surface area contributed by atoms with Gasteiger partial charge in [-0.3, -0.25) is 14.5 Å². The van der Waals surface area contributed by atoms with Gasteiger partial charge in [-0.15, -0.1) is 12.4 Å². The van der Waals surface area contributed by atoms with E-state index in [0.717, 1.165) is 29.7 Å². The first kappa shape index (κ1) is 22.6. The van der Waals surface area contributed by atoms with Crippen molar-refractivity contribution >= 4 is 30.3 Å². The molecule has 4 rings (SSSR count). The van der Waals surface area contributed by atoms with Gasteiger partial charge in [0, 0.05) is 25.0 Å². The highest BCUT2D eigenvalue weighted by Crippen LogP contribution is 2.37. The normalized spacial score (nSPS) is 31.1. The highest BCUT2D eigenvalue weighted by molar-refractivity contribution is 6.09. The average molecular weight is 435 g/mol. The Morgan fingerprint density at radius 1 is 1.17 bits per heavy atom. The summed E-state index contributed by atoms with van der Waals surface area (Å²) < 4.78 is 0. The molecule has 4 amide bonds. The lowest BCUT2D eigenvalue weighted by molar-refractivity contribution is -0.139. The molecule has 30 heavy (non-hydrogen) atoms. The van der Waals surface area contributed by atoms with Crippen molar-refractivity contribution in [1.82, 2.24) is 15.1 Å². The lowest BCUT2D eigenvalue weighted by Crippen LogP contribution is -2.50. The van der Waals surface area contributed by atoms with E-state index in [1.807, 2.05) is 30.3 Å². The van der Waals surface area contributed by atoms with Crippen LogP contribution in [0.2, 0.25) is 0 Å². The summed E-state index contributed by atoms with van der Waals surface area (Å²) in [6.07, 6.45) is 4.28. The van der Waals surface area contributed by atoms with Crippen LogP contribution in [0.4, 0.5) is 4.79 Å². The molecular weight excluding hydrogens is 404 g/mol. The van der Waals surface area contributed by atoms with E-state index < -0.39 is 11.6 Å². The maximum absolute atomic E-state index is 13.0. The van der Waals surface area contributed by atoms with Crippen molar-refractivity contribution in [2.45, 2.75) is 56.5 Å². The van der Waals surface area contributed by atoms with Gasteiger partial charge in [0.05, 0.1) is 0 Å². The third-order valence-electron chi connectivity index (χ3n) is 7.02. The van der Waals surface area contributed by atoms with E-state index >= 15 is 0 Å². The number of likely N-dealkylation sites (tertiary alicyclic amines) is 1. The van der Waals surface area contributed by atoms with Crippen LogP contribution in [0.3, 0.4) is 0 Å². The number of hydrogen-bond acceptors (Lipinski definition) is 4. The van der Waals surface area contributed by atoms with Crippen LogP contribution in [0, 0.1) is 5.92 Å². The van der Waals surface area contributed by atoms with Crippen LogP contribution >= 0.6 is 12.4 Å². The number of benzene rings is 1. The first-order chi connectivity index (χ1) is 13.9. The Labute approximate surface area is 183 Å². The zero-order chi connectivity index (χ0) is 20.6. The number of nitrogens with one attached hydrogen (secondary N) is 1. The predicted molar refractivity (Wildman–Crippen MR) is 116 cm³/mol. The van der Waals surface area contributed by atoms with Gasteiger partial charge >= 0.3 is 6.03 Å². The van der Waals surface area contributed by atoms with Gasteiger partial charge in [-0.2, -0.15) is 0 Å². The molecule has 1 saturated carbocycles. The SMILES string of the molecule is CCC1CCC2(CC1)NC(=O)N(CC(=O)N1C[C@@H](N)[C@H](c3ccccc3)C1)C2=O.Cl. The fourth-order valence-electron chi connectivity index (χ4n) is 5.06. The zero-order valence-electron chi connectivity index (χ0n) is 17.4. The van der Waals surface area contributed by atoms with E-state index in [0.29, 0.717) is 31.8 Å². The number of nitrogens with two attached hydrogens (primary N) is 1. The number of nitrogens with zero attached hydrogens (tertiary/aromatic N) is 2. The summed E-state index contributed by atoms with van der Waals surface area (Å²) in [7, 11) is 0. The summed E-state index contributed by atoms with van der Waals surface area (Å²) in [6, 6.07) is 9.33. The Bertz CT molecular complexity index is 795. The molecule has 2 atom stereocenters. The minimum absolute atomic E-state index is 0. The number of urea groups is 1. The second kappa shape index (κ2) is 8.94. The Morgan fingerprint density at radius 2 is 1.83 bits per heavy atom. The molecule has 3 fully saturated rings. The first-order valence-electron chi connectivity index (χ1n) is 10.7. The molecule has 1 aromatic rings. The topological polar surface area (TPSA) is 95.7 Å². The second-order valence-corrected chi connectivity index (χ2v) is 8.73. The number of imide groups is 1. The molecule has 0 unspecified atom stereocenters. The minimum Gasteiger partial charge on any atom is -0.339 e. The van der Waals surface area contributed by atoms with Gasteiger partial charge < -0.3 is 16.0 Å². The molecule has 2 aliphatic heterocycles. The smallest absolute Gasteiger partial charge is 0.325 e. The quantitative estimate of drug-likeness (QED) is 0.710. The molecule has 3 N–H and O–H groups in total. The van der Waals surface area contributed by atoms with Crippen molar-refractivity contribution in [3.05, 3.63) is 35.9 Å². The second-order valence-electron chi connectivity index (χ2n) is 8.73.